The van der Waals surface area contributed by atoms with Gasteiger partial charge in [-0.1, -0.05) is 12.1 Å². The van der Waals surface area contributed by atoms with Gasteiger partial charge in [-0.05, 0) is 37.5 Å². The van der Waals surface area contributed by atoms with Crippen LogP contribution in [-0.4, -0.2) is 30.0 Å². The molecule has 0 unspecified atom stereocenters. The number of primary amides is 1. The summed E-state index contributed by atoms with van der Waals surface area (Å²) in [6, 6.07) is 6.96. The molecule has 0 radical (unpaired) electrons. The molecular weight excluding hydrogens is 278 g/mol. The molecule has 4 nitrogen and oxygen atoms in total. The Kier molecular flexibility index (Phi) is 5.12. The van der Waals surface area contributed by atoms with E-state index >= 15 is 0 Å². The molecule has 1 saturated heterocycles. The zero-order valence-corrected chi connectivity index (χ0v) is 12.0. The monoisotopic (exact) mass is 298 g/mol. The summed E-state index contributed by atoms with van der Waals surface area (Å²) >= 11 is 0. The largest absolute Gasteiger partial charge is 0.435 e. The van der Waals surface area contributed by atoms with Crippen molar-refractivity contribution >= 4 is 5.91 Å². The van der Waals surface area contributed by atoms with Gasteiger partial charge in [0.1, 0.15) is 5.75 Å². The number of hydrogen-bond donors (Lipinski definition) is 1. The van der Waals surface area contributed by atoms with Crippen LogP contribution in [0.15, 0.2) is 24.3 Å². The number of carbonyl (C=O) groups is 1. The number of benzene rings is 1. The number of likely N-dealkylation sites (tertiary alicyclic amines) is 1. The van der Waals surface area contributed by atoms with Crippen LogP contribution in [0.5, 0.6) is 5.75 Å². The van der Waals surface area contributed by atoms with Gasteiger partial charge in [0.2, 0.25) is 5.91 Å². The number of alkyl halides is 2. The Balaban J connectivity index is 1.97. The molecule has 1 aromatic carbocycles. The lowest BCUT2D eigenvalue weighted by Gasteiger charge is -2.36. The molecule has 1 aliphatic rings. The SMILES string of the molecule is C[C@H]1CC[C@@H](C(N)=O)CN1Cc1ccc(OC(F)F)cc1. The highest BCUT2D eigenvalue weighted by Gasteiger charge is 2.28. The van der Waals surface area contributed by atoms with Crippen LogP contribution < -0.4 is 10.5 Å². The maximum absolute atomic E-state index is 12.1. The molecule has 1 amide bonds. The third kappa shape index (κ3) is 4.39. The fourth-order valence-electron chi connectivity index (χ4n) is 2.64. The lowest BCUT2D eigenvalue weighted by atomic mass is 9.92. The highest BCUT2D eigenvalue weighted by atomic mass is 19.3. The van der Waals surface area contributed by atoms with Gasteiger partial charge in [-0.3, -0.25) is 9.69 Å². The highest BCUT2D eigenvalue weighted by molar-refractivity contribution is 5.76. The molecule has 2 rings (SSSR count). The highest BCUT2D eigenvalue weighted by Crippen LogP contribution is 2.24. The van der Waals surface area contributed by atoms with Crippen LogP contribution in [0.25, 0.3) is 0 Å². The van der Waals surface area contributed by atoms with Crippen molar-refractivity contribution in [1.29, 1.82) is 0 Å². The zero-order valence-electron chi connectivity index (χ0n) is 12.0. The van der Waals surface area contributed by atoms with Gasteiger partial charge < -0.3 is 10.5 Å². The summed E-state index contributed by atoms with van der Waals surface area (Å²) < 4.78 is 28.5. The molecule has 2 atom stereocenters. The van der Waals surface area contributed by atoms with Crippen molar-refractivity contribution in [3.05, 3.63) is 29.8 Å². The average Bonchev–Trinajstić information content (AvgIpc) is 2.42. The van der Waals surface area contributed by atoms with Gasteiger partial charge in [0.25, 0.3) is 0 Å². The predicted octanol–water partition coefficient (Wildman–Crippen LogP) is 2.37. The quantitative estimate of drug-likeness (QED) is 0.908. The summed E-state index contributed by atoms with van der Waals surface area (Å²) in [5.74, 6) is -0.217. The minimum absolute atomic E-state index is 0.109. The summed E-state index contributed by atoms with van der Waals surface area (Å²) in [5, 5.41) is 0. The fraction of sp³-hybridized carbons (Fsp3) is 0.533. The van der Waals surface area contributed by atoms with Gasteiger partial charge >= 0.3 is 6.61 Å². The fourth-order valence-corrected chi connectivity index (χ4v) is 2.64. The lowest BCUT2D eigenvalue weighted by molar-refractivity contribution is -0.124. The van der Waals surface area contributed by atoms with Crippen LogP contribution in [0.2, 0.25) is 0 Å². The number of carbonyl (C=O) groups excluding carboxylic acids is 1. The van der Waals surface area contributed by atoms with E-state index in [0.717, 1.165) is 18.4 Å². The lowest BCUT2D eigenvalue weighted by Crippen LogP contribution is -2.45. The van der Waals surface area contributed by atoms with E-state index in [0.29, 0.717) is 19.1 Å². The van der Waals surface area contributed by atoms with Gasteiger partial charge in [0.15, 0.2) is 0 Å². The van der Waals surface area contributed by atoms with Crippen LogP contribution in [0, 0.1) is 5.92 Å². The van der Waals surface area contributed by atoms with E-state index in [2.05, 4.69) is 16.6 Å². The van der Waals surface area contributed by atoms with Crippen molar-refractivity contribution in [3.63, 3.8) is 0 Å². The smallest absolute Gasteiger partial charge is 0.387 e. The van der Waals surface area contributed by atoms with Crippen LogP contribution in [0.3, 0.4) is 0 Å². The molecule has 0 aliphatic carbocycles. The molecule has 2 N–H and O–H groups in total. The van der Waals surface area contributed by atoms with E-state index in [1.165, 1.54) is 12.1 Å². The first kappa shape index (κ1) is 15.7. The average molecular weight is 298 g/mol. The first-order chi connectivity index (χ1) is 9.95. The predicted molar refractivity (Wildman–Crippen MR) is 74.9 cm³/mol. The number of hydrogen-bond acceptors (Lipinski definition) is 3. The Bertz CT molecular complexity index is 479. The minimum atomic E-state index is -2.81. The second-order valence-corrected chi connectivity index (χ2v) is 5.48. The molecule has 0 aromatic heterocycles. The van der Waals surface area contributed by atoms with Crippen LogP contribution >= 0.6 is 0 Å². The number of amides is 1. The van der Waals surface area contributed by atoms with E-state index in [-0.39, 0.29) is 17.6 Å². The zero-order chi connectivity index (χ0) is 15.4. The summed E-state index contributed by atoms with van der Waals surface area (Å²) in [5.41, 5.74) is 6.38. The van der Waals surface area contributed by atoms with Crippen molar-refractivity contribution < 1.29 is 18.3 Å². The number of nitrogens with two attached hydrogens (primary N) is 1. The number of rotatable bonds is 5. The number of halogens is 2. The normalized spacial score (nSPS) is 23.2. The van der Waals surface area contributed by atoms with E-state index in [1.807, 2.05) is 0 Å². The van der Waals surface area contributed by atoms with E-state index in [9.17, 15) is 13.6 Å². The molecule has 6 heteroatoms. The van der Waals surface area contributed by atoms with Gasteiger partial charge in [0, 0.05) is 19.1 Å². The number of piperidine rings is 1. The Hall–Kier alpha value is -1.69. The Morgan fingerprint density at radius 2 is 2.05 bits per heavy atom. The molecule has 116 valence electrons. The Labute approximate surface area is 122 Å². The van der Waals surface area contributed by atoms with E-state index < -0.39 is 6.61 Å². The summed E-state index contributed by atoms with van der Waals surface area (Å²) in [7, 11) is 0. The van der Waals surface area contributed by atoms with Crippen LogP contribution in [0.1, 0.15) is 25.3 Å². The van der Waals surface area contributed by atoms with Crippen molar-refractivity contribution in [1.82, 2.24) is 4.90 Å². The molecule has 0 spiro atoms. The molecule has 0 bridgehead atoms. The topological polar surface area (TPSA) is 55.6 Å². The van der Waals surface area contributed by atoms with E-state index in [4.69, 9.17) is 5.73 Å². The Morgan fingerprint density at radius 1 is 1.38 bits per heavy atom. The van der Waals surface area contributed by atoms with Gasteiger partial charge in [0.05, 0.1) is 5.92 Å². The molecule has 0 saturated carbocycles. The van der Waals surface area contributed by atoms with Crippen LogP contribution in [0.4, 0.5) is 8.78 Å². The second kappa shape index (κ2) is 6.85. The van der Waals surface area contributed by atoms with Crippen LogP contribution in [-0.2, 0) is 11.3 Å². The summed E-state index contributed by atoms with van der Waals surface area (Å²) in [4.78, 5) is 13.5. The molecular formula is C15H20F2N2O2. The third-order valence-corrected chi connectivity index (χ3v) is 3.95. The van der Waals surface area contributed by atoms with Crippen molar-refractivity contribution in [2.75, 3.05) is 6.54 Å². The maximum atomic E-state index is 12.1. The summed E-state index contributed by atoms with van der Waals surface area (Å²) in [6.07, 6.45) is 1.76. The van der Waals surface area contributed by atoms with Crippen molar-refractivity contribution in [2.24, 2.45) is 11.7 Å². The summed E-state index contributed by atoms with van der Waals surface area (Å²) in [6.45, 7) is 0.617. The standard InChI is InChI=1S/C15H20F2N2O2/c1-10-2-5-12(14(18)20)9-19(10)8-11-3-6-13(7-4-11)21-15(16)17/h3-4,6-7,10,12,15H,2,5,8-9H2,1H3,(H2,18,20)/t10-,12+/m0/s1. The molecule has 1 aromatic rings. The number of nitrogens with zero attached hydrogens (tertiary/aromatic N) is 1. The van der Waals surface area contributed by atoms with E-state index in [1.54, 1.807) is 12.1 Å². The minimum Gasteiger partial charge on any atom is -0.435 e. The van der Waals surface area contributed by atoms with Gasteiger partial charge in [-0.25, -0.2) is 0 Å². The maximum Gasteiger partial charge on any atom is 0.387 e. The first-order valence-corrected chi connectivity index (χ1v) is 7.03. The van der Waals surface area contributed by atoms with Crippen molar-refractivity contribution in [2.45, 2.75) is 39.0 Å². The third-order valence-electron chi connectivity index (χ3n) is 3.95. The molecule has 1 aliphatic heterocycles. The van der Waals surface area contributed by atoms with Gasteiger partial charge in [-0.2, -0.15) is 8.78 Å². The second-order valence-electron chi connectivity index (χ2n) is 5.48. The number of ether oxygens (including phenoxy) is 1. The first-order valence-electron chi connectivity index (χ1n) is 7.03. The van der Waals surface area contributed by atoms with Crippen molar-refractivity contribution in [3.8, 4) is 5.75 Å². The molecule has 1 heterocycles. The molecule has 1 fully saturated rings. The Morgan fingerprint density at radius 3 is 2.62 bits per heavy atom. The van der Waals surface area contributed by atoms with Gasteiger partial charge in [-0.15, -0.1) is 0 Å². The molecule has 21 heavy (non-hydrogen) atoms.